The summed E-state index contributed by atoms with van der Waals surface area (Å²) < 4.78 is 1.63. The van der Waals surface area contributed by atoms with Gasteiger partial charge in [0, 0.05) is 19.2 Å². The molecule has 7 nitrogen and oxygen atoms in total. The molecular weight excluding hydrogens is 248 g/mol. The first kappa shape index (κ1) is 15.4. The highest BCUT2D eigenvalue weighted by Crippen LogP contribution is 2.29. The number of aromatic nitrogens is 2. The molecule has 1 heterocycles. The van der Waals surface area contributed by atoms with Gasteiger partial charge in [-0.3, -0.25) is 10.1 Å². The third kappa shape index (κ3) is 3.44. The van der Waals surface area contributed by atoms with Crippen LogP contribution in [-0.4, -0.2) is 32.5 Å². The van der Waals surface area contributed by atoms with Crippen LogP contribution < -0.4 is 5.32 Å². The quantitative estimate of drug-likeness (QED) is 0.583. The minimum atomic E-state index is -0.410. The molecule has 1 aromatic rings. The van der Waals surface area contributed by atoms with Gasteiger partial charge in [-0.05, 0) is 26.2 Å². The van der Waals surface area contributed by atoms with Gasteiger partial charge in [0.2, 0.25) is 5.82 Å². The van der Waals surface area contributed by atoms with E-state index in [1.807, 2.05) is 20.8 Å². The third-order valence-corrected chi connectivity index (χ3v) is 3.22. The molecule has 0 aliphatic heterocycles. The Morgan fingerprint density at radius 3 is 2.63 bits per heavy atom. The first-order chi connectivity index (χ1) is 8.92. The number of rotatable bonds is 7. The van der Waals surface area contributed by atoms with Crippen LogP contribution in [0, 0.1) is 23.0 Å². The lowest BCUT2D eigenvalue weighted by Crippen LogP contribution is -2.28. The van der Waals surface area contributed by atoms with E-state index in [0.29, 0.717) is 18.1 Å². The van der Waals surface area contributed by atoms with E-state index in [-0.39, 0.29) is 24.3 Å². The van der Waals surface area contributed by atoms with Crippen LogP contribution in [0.5, 0.6) is 0 Å². The highest BCUT2D eigenvalue weighted by molar-refractivity contribution is 5.60. The molecular formula is C12H22N4O3. The highest BCUT2D eigenvalue weighted by Gasteiger charge is 2.27. The Morgan fingerprint density at radius 1 is 1.53 bits per heavy atom. The smallest absolute Gasteiger partial charge is 0.333 e. The molecule has 2 N–H and O–H groups in total. The summed E-state index contributed by atoms with van der Waals surface area (Å²) in [6.45, 7) is 8.06. The second-order valence-corrected chi connectivity index (χ2v) is 4.86. The number of nitro groups is 1. The molecule has 0 spiro atoms. The van der Waals surface area contributed by atoms with Crippen molar-refractivity contribution in [2.45, 2.75) is 46.7 Å². The number of hydrogen-bond acceptors (Lipinski definition) is 5. The van der Waals surface area contributed by atoms with E-state index < -0.39 is 4.92 Å². The zero-order valence-electron chi connectivity index (χ0n) is 11.9. The molecule has 0 amide bonds. The number of aliphatic hydroxyl groups is 1. The summed E-state index contributed by atoms with van der Waals surface area (Å²) in [5, 5.41) is 27.6. The summed E-state index contributed by atoms with van der Waals surface area (Å²) in [5.74, 6) is 0.432. The lowest BCUT2D eigenvalue weighted by Gasteiger charge is -2.20. The minimum absolute atomic E-state index is 0.00452. The molecule has 1 aromatic heterocycles. The fraction of sp³-hybridized carbons (Fsp3) is 0.750. The molecule has 2 unspecified atom stereocenters. The van der Waals surface area contributed by atoms with Crippen LogP contribution in [0.3, 0.4) is 0 Å². The van der Waals surface area contributed by atoms with Crippen molar-refractivity contribution >= 4 is 11.5 Å². The van der Waals surface area contributed by atoms with E-state index in [0.717, 1.165) is 6.42 Å². The fourth-order valence-electron chi connectivity index (χ4n) is 1.82. The maximum Gasteiger partial charge on any atom is 0.333 e. The number of hydrogen-bond donors (Lipinski definition) is 2. The van der Waals surface area contributed by atoms with Crippen LogP contribution >= 0.6 is 0 Å². The van der Waals surface area contributed by atoms with E-state index in [1.54, 1.807) is 11.6 Å². The molecule has 0 bridgehead atoms. The number of anilines is 1. The molecule has 108 valence electrons. The maximum atomic E-state index is 11.1. The summed E-state index contributed by atoms with van der Waals surface area (Å²) in [6.07, 6.45) is 0.844. The second-order valence-electron chi connectivity index (χ2n) is 4.86. The fourth-order valence-corrected chi connectivity index (χ4v) is 1.82. The summed E-state index contributed by atoms with van der Waals surface area (Å²) >= 11 is 0. The van der Waals surface area contributed by atoms with E-state index in [2.05, 4.69) is 10.4 Å². The van der Waals surface area contributed by atoms with Gasteiger partial charge >= 0.3 is 5.69 Å². The normalized spacial score (nSPS) is 14.2. The molecule has 0 fully saturated rings. The van der Waals surface area contributed by atoms with Crippen LogP contribution in [0.4, 0.5) is 11.5 Å². The van der Waals surface area contributed by atoms with Crippen molar-refractivity contribution in [3.63, 3.8) is 0 Å². The van der Waals surface area contributed by atoms with Crippen LogP contribution in [-0.2, 0) is 6.54 Å². The molecule has 2 atom stereocenters. The maximum absolute atomic E-state index is 11.1. The lowest BCUT2D eigenvalue weighted by molar-refractivity contribution is -0.384. The molecule has 19 heavy (non-hydrogen) atoms. The van der Waals surface area contributed by atoms with Gasteiger partial charge in [0.05, 0.1) is 4.92 Å². The van der Waals surface area contributed by atoms with Gasteiger partial charge in [-0.1, -0.05) is 13.8 Å². The molecule has 1 rings (SSSR count). The number of nitrogens with one attached hydrogen (secondary N) is 1. The average molecular weight is 270 g/mol. The lowest BCUT2D eigenvalue weighted by atomic mass is 10.1. The van der Waals surface area contributed by atoms with E-state index in [9.17, 15) is 10.1 Å². The van der Waals surface area contributed by atoms with Gasteiger partial charge < -0.3 is 10.4 Å². The zero-order chi connectivity index (χ0) is 14.6. The standard InChI is InChI=1S/C12H22N4O3/c1-5-6-15-12(13-9(3)8(2)7-17)11(16(18)19)10(4)14-15/h8-9,13,17H,5-7H2,1-4H3. The second kappa shape index (κ2) is 6.51. The average Bonchev–Trinajstić information content (AvgIpc) is 2.65. The van der Waals surface area contributed by atoms with Gasteiger partial charge in [-0.15, -0.1) is 0 Å². The van der Waals surface area contributed by atoms with Crippen LogP contribution in [0.2, 0.25) is 0 Å². The van der Waals surface area contributed by atoms with Gasteiger partial charge in [-0.25, -0.2) is 4.68 Å². The zero-order valence-corrected chi connectivity index (χ0v) is 11.9. The third-order valence-electron chi connectivity index (χ3n) is 3.22. The SMILES string of the molecule is CCCn1nc(C)c([N+](=O)[O-])c1NC(C)C(C)CO. The Morgan fingerprint density at radius 2 is 2.16 bits per heavy atom. The van der Waals surface area contributed by atoms with Crippen molar-refractivity contribution in [2.24, 2.45) is 5.92 Å². The number of aryl methyl sites for hydroxylation is 2. The topological polar surface area (TPSA) is 93.2 Å². The van der Waals surface area contributed by atoms with Gasteiger partial charge in [-0.2, -0.15) is 5.10 Å². The predicted octanol–water partition coefficient (Wildman–Crippen LogP) is 1.94. The first-order valence-electron chi connectivity index (χ1n) is 6.51. The number of aliphatic hydroxyl groups excluding tert-OH is 1. The molecule has 0 aliphatic rings. The Bertz CT molecular complexity index is 444. The van der Waals surface area contributed by atoms with Crippen molar-refractivity contribution in [3.05, 3.63) is 15.8 Å². The largest absolute Gasteiger partial charge is 0.396 e. The van der Waals surface area contributed by atoms with Gasteiger partial charge in [0.25, 0.3) is 0 Å². The molecule has 0 radical (unpaired) electrons. The Balaban J connectivity index is 3.11. The van der Waals surface area contributed by atoms with Gasteiger partial charge in [0.1, 0.15) is 5.69 Å². The van der Waals surface area contributed by atoms with E-state index in [1.165, 1.54) is 0 Å². The van der Waals surface area contributed by atoms with Crippen LogP contribution in [0.15, 0.2) is 0 Å². The van der Waals surface area contributed by atoms with Crippen LogP contribution in [0.25, 0.3) is 0 Å². The molecule has 0 saturated heterocycles. The van der Waals surface area contributed by atoms with Crippen molar-refractivity contribution in [1.82, 2.24) is 9.78 Å². The van der Waals surface area contributed by atoms with Crippen molar-refractivity contribution in [2.75, 3.05) is 11.9 Å². The van der Waals surface area contributed by atoms with Crippen LogP contribution in [0.1, 0.15) is 32.9 Å². The summed E-state index contributed by atoms with van der Waals surface area (Å²) in [4.78, 5) is 10.7. The Hall–Kier alpha value is -1.63. The predicted molar refractivity (Wildman–Crippen MR) is 73.2 cm³/mol. The molecule has 0 saturated carbocycles. The Labute approximate surface area is 112 Å². The van der Waals surface area contributed by atoms with Crippen molar-refractivity contribution in [3.8, 4) is 0 Å². The van der Waals surface area contributed by atoms with Crippen molar-refractivity contribution < 1.29 is 10.0 Å². The molecule has 0 aliphatic carbocycles. The highest BCUT2D eigenvalue weighted by atomic mass is 16.6. The van der Waals surface area contributed by atoms with Gasteiger partial charge in [0.15, 0.2) is 0 Å². The molecule has 7 heteroatoms. The Kier molecular flexibility index (Phi) is 5.29. The minimum Gasteiger partial charge on any atom is -0.396 e. The number of nitrogens with zero attached hydrogens (tertiary/aromatic N) is 3. The summed E-state index contributed by atoms with van der Waals surface area (Å²) in [7, 11) is 0. The summed E-state index contributed by atoms with van der Waals surface area (Å²) in [5.41, 5.74) is 0.426. The molecule has 0 aromatic carbocycles. The van der Waals surface area contributed by atoms with E-state index in [4.69, 9.17) is 5.11 Å². The van der Waals surface area contributed by atoms with Crippen molar-refractivity contribution in [1.29, 1.82) is 0 Å². The van der Waals surface area contributed by atoms with E-state index >= 15 is 0 Å². The first-order valence-corrected chi connectivity index (χ1v) is 6.51. The monoisotopic (exact) mass is 270 g/mol. The summed E-state index contributed by atoms with van der Waals surface area (Å²) in [6, 6.07) is -0.0737.